The van der Waals surface area contributed by atoms with E-state index in [1.165, 1.54) is 0 Å². The van der Waals surface area contributed by atoms with Crippen LogP contribution in [-0.4, -0.2) is 22.6 Å². The molecule has 0 bridgehead atoms. The minimum atomic E-state index is 0.353. The lowest BCUT2D eigenvalue weighted by Crippen LogP contribution is -2.13. The number of hydrogen-bond acceptors (Lipinski definition) is 4. The first-order valence-electron chi connectivity index (χ1n) is 6.78. The second kappa shape index (κ2) is 7.19. The largest absolute Gasteiger partial charge is 0.478 e. The Labute approximate surface area is 110 Å². The van der Waals surface area contributed by atoms with Crippen LogP contribution in [0.2, 0.25) is 0 Å². The first-order valence-corrected chi connectivity index (χ1v) is 6.78. The summed E-state index contributed by atoms with van der Waals surface area (Å²) in [5, 5.41) is 3.30. The van der Waals surface area contributed by atoms with E-state index in [2.05, 4.69) is 49.9 Å². The minimum absolute atomic E-state index is 0.353. The molecule has 0 amide bonds. The third-order valence-corrected chi connectivity index (χ3v) is 2.23. The highest BCUT2D eigenvalue weighted by molar-refractivity contribution is 5.39. The number of aromatic nitrogens is 2. The molecule has 0 fully saturated rings. The summed E-state index contributed by atoms with van der Waals surface area (Å²) in [5.41, 5.74) is 0. The van der Waals surface area contributed by atoms with Crippen LogP contribution in [0.15, 0.2) is 6.07 Å². The second-order valence-corrected chi connectivity index (χ2v) is 5.25. The Bertz CT molecular complexity index is 336. The van der Waals surface area contributed by atoms with E-state index in [0.29, 0.717) is 24.4 Å². The lowest BCUT2D eigenvalue weighted by Gasteiger charge is -2.13. The van der Waals surface area contributed by atoms with Crippen molar-refractivity contribution >= 4 is 5.82 Å². The van der Waals surface area contributed by atoms with Crippen LogP contribution in [0.3, 0.4) is 0 Å². The number of hydrogen-bond donors (Lipinski definition) is 1. The van der Waals surface area contributed by atoms with Crippen LogP contribution in [0.1, 0.15) is 46.9 Å². The van der Waals surface area contributed by atoms with Crippen molar-refractivity contribution in [3.8, 4) is 5.88 Å². The lowest BCUT2D eigenvalue weighted by atomic mass is 10.1. The Kier molecular flexibility index (Phi) is 5.89. The average Bonchev–Trinajstić information content (AvgIpc) is 2.24. The van der Waals surface area contributed by atoms with Gasteiger partial charge < -0.3 is 10.1 Å². The molecule has 1 aromatic rings. The van der Waals surface area contributed by atoms with E-state index >= 15 is 0 Å². The molecule has 0 saturated carbocycles. The van der Waals surface area contributed by atoms with Gasteiger partial charge in [-0.05, 0) is 26.2 Å². The van der Waals surface area contributed by atoms with Crippen LogP contribution in [0.5, 0.6) is 5.88 Å². The third kappa shape index (κ3) is 5.34. The maximum atomic E-state index is 5.61. The molecule has 4 heteroatoms. The smallest absolute Gasteiger partial charge is 0.218 e. The molecule has 1 rings (SSSR count). The molecule has 0 aliphatic carbocycles. The van der Waals surface area contributed by atoms with Gasteiger partial charge in [0.1, 0.15) is 11.6 Å². The molecule has 102 valence electrons. The van der Waals surface area contributed by atoms with Crippen molar-refractivity contribution in [2.24, 2.45) is 5.92 Å². The van der Waals surface area contributed by atoms with Crippen molar-refractivity contribution in [1.82, 2.24) is 9.97 Å². The fourth-order valence-corrected chi connectivity index (χ4v) is 1.58. The molecule has 0 unspecified atom stereocenters. The van der Waals surface area contributed by atoms with Crippen molar-refractivity contribution in [2.75, 3.05) is 11.9 Å². The van der Waals surface area contributed by atoms with Crippen molar-refractivity contribution in [3.05, 3.63) is 11.9 Å². The van der Waals surface area contributed by atoms with E-state index in [1.54, 1.807) is 0 Å². The zero-order valence-corrected chi connectivity index (χ0v) is 12.2. The van der Waals surface area contributed by atoms with E-state index in [9.17, 15) is 0 Å². The van der Waals surface area contributed by atoms with Crippen LogP contribution in [-0.2, 0) is 6.42 Å². The molecule has 0 saturated heterocycles. The van der Waals surface area contributed by atoms with E-state index in [4.69, 9.17) is 4.74 Å². The van der Waals surface area contributed by atoms with Gasteiger partial charge in [-0.3, -0.25) is 0 Å². The maximum Gasteiger partial charge on any atom is 0.218 e. The van der Waals surface area contributed by atoms with Gasteiger partial charge in [-0.2, -0.15) is 4.98 Å². The highest BCUT2D eigenvalue weighted by Gasteiger charge is 2.08. The van der Waals surface area contributed by atoms with E-state index in [1.807, 2.05) is 6.07 Å². The molecule has 0 aliphatic rings. The Balaban J connectivity index is 2.88. The van der Waals surface area contributed by atoms with Crippen LogP contribution >= 0.6 is 0 Å². The monoisotopic (exact) mass is 251 g/mol. The van der Waals surface area contributed by atoms with Gasteiger partial charge in [0, 0.05) is 18.5 Å². The van der Waals surface area contributed by atoms with Gasteiger partial charge in [0.25, 0.3) is 0 Å². The molecule has 0 spiro atoms. The molecule has 0 radical (unpaired) electrons. The van der Waals surface area contributed by atoms with Gasteiger partial charge in [0.2, 0.25) is 5.88 Å². The van der Waals surface area contributed by atoms with E-state index in [-0.39, 0.29) is 0 Å². The fourth-order valence-electron chi connectivity index (χ4n) is 1.58. The van der Waals surface area contributed by atoms with Crippen molar-refractivity contribution < 1.29 is 4.74 Å². The summed E-state index contributed by atoms with van der Waals surface area (Å²) in [6.07, 6.45) is 1.85. The van der Waals surface area contributed by atoms with Gasteiger partial charge in [0.15, 0.2) is 0 Å². The molecule has 1 aromatic heterocycles. The highest BCUT2D eigenvalue weighted by Crippen LogP contribution is 2.16. The summed E-state index contributed by atoms with van der Waals surface area (Å²) < 4.78 is 5.61. The van der Waals surface area contributed by atoms with Gasteiger partial charge >= 0.3 is 0 Å². The summed E-state index contributed by atoms with van der Waals surface area (Å²) in [6, 6.07) is 2.23. The molecule has 1 heterocycles. The number of nitrogens with one attached hydrogen (secondary N) is 1. The Morgan fingerprint density at radius 1 is 1.22 bits per heavy atom. The molecule has 0 aliphatic heterocycles. The predicted molar refractivity (Wildman–Crippen MR) is 75.1 cm³/mol. The summed E-state index contributed by atoms with van der Waals surface area (Å²) in [7, 11) is 0. The van der Waals surface area contributed by atoms with Crippen LogP contribution in [0.4, 0.5) is 5.82 Å². The summed E-state index contributed by atoms with van der Waals surface area (Å²) >= 11 is 0. The molecule has 1 N–H and O–H groups in total. The summed E-state index contributed by atoms with van der Waals surface area (Å²) in [6.45, 7) is 11.3. The predicted octanol–water partition coefficient (Wildman–Crippen LogP) is 3.28. The fraction of sp³-hybridized carbons (Fsp3) is 0.714. The zero-order valence-electron chi connectivity index (χ0n) is 12.2. The van der Waals surface area contributed by atoms with Crippen LogP contribution < -0.4 is 10.1 Å². The van der Waals surface area contributed by atoms with Crippen molar-refractivity contribution in [3.63, 3.8) is 0 Å². The number of rotatable bonds is 7. The van der Waals surface area contributed by atoms with Crippen LogP contribution in [0, 0.1) is 5.92 Å². The van der Waals surface area contributed by atoms with Gasteiger partial charge in [-0.25, -0.2) is 4.98 Å². The molecular weight excluding hydrogens is 226 g/mol. The quantitative estimate of drug-likeness (QED) is 0.808. The van der Waals surface area contributed by atoms with Crippen molar-refractivity contribution in [1.29, 1.82) is 0 Å². The van der Waals surface area contributed by atoms with Gasteiger partial charge in [-0.15, -0.1) is 0 Å². The minimum Gasteiger partial charge on any atom is -0.478 e. The normalized spacial score (nSPS) is 11.1. The zero-order chi connectivity index (χ0) is 13.5. The first-order chi connectivity index (χ1) is 8.51. The Morgan fingerprint density at radius 2 is 1.94 bits per heavy atom. The molecular formula is C14H25N3O. The number of nitrogens with zero attached hydrogens (tertiary/aromatic N) is 2. The maximum absolute atomic E-state index is 5.61. The van der Waals surface area contributed by atoms with Gasteiger partial charge in [0.05, 0.1) is 6.61 Å². The topological polar surface area (TPSA) is 47.0 Å². The first kappa shape index (κ1) is 14.7. The van der Waals surface area contributed by atoms with E-state index < -0.39 is 0 Å². The Morgan fingerprint density at radius 3 is 2.50 bits per heavy atom. The highest BCUT2D eigenvalue weighted by atomic mass is 16.5. The lowest BCUT2D eigenvalue weighted by molar-refractivity contribution is 0.303. The summed E-state index contributed by atoms with van der Waals surface area (Å²) in [4.78, 5) is 8.96. The SMILES string of the molecule is CCCOc1cc(NC(C)C)nc(CC(C)C)n1. The average molecular weight is 251 g/mol. The molecule has 18 heavy (non-hydrogen) atoms. The molecule has 0 aromatic carbocycles. The second-order valence-electron chi connectivity index (χ2n) is 5.25. The third-order valence-electron chi connectivity index (χ3n) is 2.23. The molecule has 0 atom stereocenters. The number of anilines is 1. The van der Waals surface area contributed by atoms with Crippen LogP contribution in [0.25, 0.3) is 0 Å². The summed E-state index contributed by atoms with van der Waals surface area (Å²) in [5.74, 6) is 2.91. The van der Waals surface area contributed by atoms with Crippen molar-refractivity contribution in [2.45, 2.75) is 53.5 Å². The van der Waals surface area contributed by atoms with E-state index in [0.717, 1.165) is 24.5 Å². The Hall–Kier alpha value is -1.32. The molecule has 4 nitrogen and oxygen atoms in total. The number of ether oxygens (including phenoxy) is 1. The van der Waals surface area contributed by atoms with Gasteiger partial charge in [-0.1, -0.05) is 20.8 Å². The standard InChI is InChI=1S/C14H25N3O/c1-6-7-18-14-9-13(15-11(4)5)16-12(17-14)8-10(2)3/h9-11H,6-8H2,1-5H3,(H,15,16,17).